The van der Waals surface area contributed by atoms with Gasteiger partial charge in [-0.1, -0.05) is 24.3 Å². The number of piperidine rings is 1. The van der Waals surface area contributed by atoms with Crippen LogP contribution < -0.4 is 5.32 Å². The number of benzene rings is 3. The molecule has 9 heteroatoms. The van der Waals surface area contributed by atoms with E-state index in [1.807, 2.05) is 30.3 Å². The molecule has 194 valence electrons. The van der Waals surface area contributed by atoms with Crippen molar-refractivity contribution in [3.05, 3.63) is 101 Å². The van der Waals surface area contributed by atoms with Crippen LogP contribution in [0.15, 0.2) is 71.6 Å². The van der Waals surface area contributed by atoms with Crippen LogP contribution in [-0.4, -0.2) is 51.9 Å². The Morgan fingerprint density at radius 3 is 2.21 bits per heavy atom. The van der Waals surface area contributed by atoms with Crippen molar-refractivity contribution in [2.24, 2.45) is 0 Å². The molecule has 3 aromatic carbocycles. The van der Waals surface area contributed by atoms with Crippen LogP contribution in [0.5, 0.6) is 0 Å². The Balaban J connectivity index is 1.14. The maximum Gasteiger partial charge on any atom is 0.255 e. The summed E-state index contributed by atoms with van der Waals surface area (Å²) in [4.78, 5) is 41.5. The molecule has 1 atom stereocenters. The van der Waals surface area contributed by atoms with Crippen LogP contribution in [0.3, 0.4) is 0 Å². The number of halogens is 2. The Kier molecular flexibility index (Phi) is 6.49. The lowest BCUT2D eigenvalue weighted by Crippen LogP contribution is -2.52. The SMILES string of the molecule is O=C1CCC(N2Cc3cc(SC4CN(C(c5cccc(F)c5)c5cccc(F)c5)C4)ccc3C2=O)C(=O)N1. The molecule has 0 saturated carbocycles. The van der Waals surface area contributed by atoms with E-state index < -0.39 is 11.9 Å². The summed E-state index contributed by atoms with van der Waals surface area (Å²) in [6.07, 6.45) is 0.559. The van der Waals surface area contributed by atoms with Crippen LogP contribution in [0.4, 0.5) is 8.78 Å². The van der Waals surface area contributed by atoms with Crippen molar-refractivity contribution in [1.29, 1.82) is 0 Å². The molecule has 3 aromatic rings. The smallest absolute Gasteiger partial charge is 0.255 e. The molecule has 0 aromatic heterocycles. The second-order valence-electron chi connectivity index (χ2n) is 9.93. The Hall–Kier alpha value is -3.56. The summed E-state index contributed by atoms with van der Waals surface area (Å²) < 4.78 is 28.1. The lowest BCUT2D eigenvalue weighted by Gasteiger charge is -2.44. The van der Waals surface area contributed by atoms with Crippen LogP contribution in [0.2, 0.25) is 0 Å². The van der Waals surface area contributed by atoms with Gasteiger partial charge in [-0.25, -0.2) is 8.78 Å². The molecule has 3 amide bonds. The predicted octanol–water partition coefficient (Wildman–Crippen LogP) is 4.29. The van der Waals surface area contributed by atoms with Gasteiger partial charge in [-0.2, -0.15) is 0 Å². The summed E-state index contributed by atoms with van der Waals surface area (Å²) in [5.41, 5.74) is 3.03. The molecule has 3 heterocycles. The van der Waals surface area contributed by atoms with Gasteiger partial charge in [0.05, 0.1) is 6.04 Å². The van der Waals surface area contributed by atoms with Crippen LogP contribution in [0, 0.1) is 11.6 Å². The lowest BCUT2D eigenvalue weighted by molar-refractivity contribution is -0.136. The topological polar surface area (TPSA) is 69.7 Å². The Bertz CT molecular complexity index is 1400. The van der Waals surface area contributed by atoms with E-state index in [9.17, 15) is 23.2 Å². The van der Waals surface area contributed by atoms with E-state index in [-0.39, 0.29) is 41.2 Å². The van der Waals surface area contributed by atoms with E-state index in [0.29, 0.717) is 18.5 Å². The van der Waals surface area contributed by atoms with Crippen molar-refractivity contribution in [2.75, 3.05) is 13.1 Å². The standard InChI is InChI=1S/C29H25F2N3O3S/c30-20-5-1-3-17(11-20)27(18-4-2-6-21(31)12-18)33-15-23(16-33)38-22-7-8-24-19(13-22)14-34(29(24)37)25-9-10-26(35)32-28(25)36/h1-8,11-13,23,25,27H,9-10,14-16H2,(H,32,35,36). The first kappa shape index (κ1) is 24.8. The van der Waals surface area contributed by atoms with Crippen LogP contribution in [0.1, 0.15) is 45.9 Å². The number of hydrogen-bond donors (Lipinski definition) is 1. The number of nitrogens with one attached hydrogen (secondary N) is 1. The summed E-state index contributed by atoms with van der Waals surface area (Å²) in [6, 6.07) is 17.7. The summed E-state index contributed by atoms with van der Waals surface area (Å²) in [7, 11) is 0. The van der Waals surface area contributed by atoms with Crippen LogP contribution in [0.25, 0.3) is 0 Å². The minimum atomic E-state index is -0.633. The van der Waals surface area contributed by atoms with Gasteiger partial charge in [0, 0.05) is 41.8 Å². The van der Waals surface area contributed by atoms with Gasteiger partial charge in [-0.05, 0) is 65.6 Å². The second kappa shape index (κ2) is 9.96. The van der Waals surface area contributed by atoms with Gasteiger partial charge in [0.15, 0.2) is 0 Å². The van der Waals surface area contributed by atoms with Crippen molar-refractivity contribution in [1.82, 2.24) is 15.1 Å². The normalized spacial score (nSPS) is 20.0. The van der Waals surface area contributed by atoms with Gasteiger partial charge in [0.2, 0.25) is 11.8 Å². The van der Waals surface area contributed by atoms with Crippen LogP contribution >= 0.6 is 11.8 Å². The maximum atomic E-state index is 14.0. The minimum absolute atomic E-state index is 0.186. The Labute approximate surface area is 223 Å². The van der Waals surface area contributed by atoms with E-state index in [2.05, 4.69) is 10.2 Å². The summed E-state index contributed by atoms with van der Waals surface area (Å²) >= 11 is 1.71. The predicted molar refractivity (Wildman–Crippen MR) is 138 cm³/mol. The van der Waals surface area contributed by atoms with Gasteiger partial charge in [0.25, 0.3) is 5.91 Å². The Morgan fingerprint density at radius 1 is 0.895 bits per heavy atom. The number of thioether (sulfide) groups is 1. The molecule has 3 aliphatic rings. The monoisotopic (exact) mass is 533 g/mol. The fourth-order valence-corrected chi connectivity index (χ4v) is 6.81. The maximum absolute atomic E-state index is 14.0. The van der Waals surface area contributed by atoms with E-state index in [4.69, 9.17) is 0 Å². The van der Waals surface area contributed by atoms with E-state index in [1.165, 1.54) is 24.3 Å². The third-order valence-corrected chi connectivity index (χ3v) is 8.53. The van der Waals surface area contributed by atoms with Gasteiger partial charge in [-0.3, -0.25) is 24.6 Å². The zero-order valence-corrected chi connectivity index (χ0v) is 21.2. The molecule has 0 spiro atoms. The first-order chi connectivity index (χ1) is 18.4. The summed E-state index contributed by atoms with van der Waals surface area (Å²) in [5.74, 6) is -1.56. The van der Waals surface area contributed by atoms with Gasteiger partial charge >= 0.3 is 0 Å². The molecule has 3 aliphatic heterocycles. The third-order valence-electron chi connectivity index (χ3n) is 7.37. The summed E-state index contributed by atoms with van der Waals surface area (Å²) in [6.45, 7) is 1.81. The molecular weight excluding hydrogens is 508 g/mol. The fraction of sp³-hybridized carbons (Fsp3) is 0.276. The number of hydrogen-bond acceptors (Lipinski definition) is 5. The quantitative estimate of drug-likeness (QED) is 0.479. The molecule has 2 saturated heterocycles. The zero-order chi connectivity index (χ0) is 26.4. The highest BCUT2D eigenvalue weighted by Crippen LogP contribution is 2.39. The van der Waals surface area contributed by atoms with Crippen molar-refractivity contribution < 1.29 is 23.2 Å². The van der Waals surface area contributed by atoms with E-state index in [0.717, 1.165) is 34.7 Å². The third kappa shape index (κ3) is 4.72. The second-order valence-corrected chi connectivity index (χ2v) is 11.3. The molecule has 0 radical (unpaired) electrons. The molecule has 1 N–H and O–H groups in total. The number of fused-ring (bicyclic) bond motifs is 1. The number of likely N-dealkylation sites (tertiary alicyclic amines) is 1. The van der Waals surface area contributed by atoms with Gasteiger partial charge in [0.1, 0.15) is 17.7 Å². The number of imide groups is 1. The average Bonchev–Trinajstić information content (AvgIpc) is 3.18. The van der Waals surface area contributed by atoms with Crippen molar-refractivity contribution >= 4 is 29.5 Å². The van der Waals surface area contributed by atoms with Gasteiger partial charge < -0.3 is 4.90 Å². The highest BCUT2D eigenvalue weighted by Gasteiger charge is 2.40. The lowest BCUT2D eigenvalue weighted by atomic mass is 9.94. The molecule has 0 bridgehead atoms. The first-order valence-electron chi connectivity index (χ1n) is 12.5. The number of carbonyl (C=O) groups is 3. The van der Waals surface area contributed by atoms with Crippen molar-refractivity contribution in [3.8, 4) is 0 Å². The molecule has 0 aliphatic carbocycles. The first-order valence-corrected chi connectivity index (χ1v) is 13.4. The molecular formula is C29H25F2N3O3S. The number of carbonyl (C=O) groups excluding carboxylic acids is 3. The highest BCUT2D eigenvalue weighted by molar-refractivity contribution is 8.00. The molecule has 2 fully saturated rings. The summed E-state index contributed by atoms with van der Waals surface area (Å²) in [5, 5.41) is 2.61. The van der Waals surface area contributed by atoms with Crippen LogP contribution in [-0.2, 0) is 16.1 Å². The molecule has 38 heavy (non-hydrogen) atoms. The molecule has 1 unspecified atom stereocenters. The zero-order valence-electron chi connectivity index (χ0n) is 20.4. The number of nitrogens with zero attached hydrogens (tertiary/aromatic N) is 2. The average molecular weight is 534 g/mol. The van der Waals surface area contributed by atoms with E-state index >= 15 is 0 Å². The number of rotatable bonds is 6. The Morgan fingerprint density at radius 2 is 1.58 bits per heavy atom. The number of amides is 3. The van der Waals surface area contributed by atoms with Crippen molar-refractivity contribution in [2.45, 2.75) is 41.6 Å². The molecule has 6 rings (SSSR count). The highest BCUT2D eigenvalue weighted by atomic mass is 32.2. The molecule has 6 nitrogen and oxygen atoms in total. The largest absolute Gasteiger partial charge is 0.322 e. The fourth-order valence-electron chi connectivity index (χ4n) is 5.54. The minimum Gasteiger partial charge on any atom is -0.322 e. The van der Waals surface area contributed by atoms with Gasteiger partial charge in [-0.15, -0.1) is 11.8 Å². The van der Waals surface area contributed by atoms with Crippen molar-refractivity contribution in [3.63, 3.8) is 0 Å². The van der Waals surface area contributed by atoms with E-state index in [1.54, 1.807) is 28.8 Å².